The monoisotopic (exact) mass is 330 g/mol. The van der Waals surface area contributed by atoms with E-state index in [1.165, 1.54) is 0 Å². The molecule has 1 fully saturated rings. The van der Waals surface area contributed by atoms with Gasteiger partial charge in [-0.2, -0.15) is 0 Å². The number of hydrogen-bond acceptors (Lipinski definition) is 5. The fraction of sp³-hybridized carbons (Fsp3) is 0.412. The molecule has 1 aromatic carbocycles. The molecule has 1 aromatic heterocycles. The van der Waals surface area contributed by atoms with Crippen LogP contribution in [-0.4, -0.2) is 54.3 Å². The molecule has 7 heteroatoms. The van der Waals surface area contributed by atoms with Crippen molar-refractivity contribution < 1.29 is 14.1 Å². The number of nitrogens with zero attached hydrogens (tertiary/aromatic N) is 3. The van der Waals surface area contributed by atoms with Crippen molar-refractivity contribution in [3.63, 3.8) is 0 Å². The summed E-state index contributed by atoms with van der Waals surface area (Å²) >= 11 is 0. The molecule has 128 valence electrons. The highest BCUT2D eigenvalue weighted by Crippen LogP contribution is 2.20. The van der Waals surface area contributed by atoms with Gasteiger partial charge in [0.1, 0.15) is 11.5 Å². The number of aromatic nitrogens is 1. The quantitative estimate of drug-likeness (QED) is 0.932. The van der Waals surface area contributed by atoms with Crippen LogP contribution in [0.15, 0.2) is 34.9 Å². The molecule has 24 heavy (non-hydrogen) atoms. The van der Waals surface area contributed by atoms with Gasteiger partial charge in [-0.1, -0.05) is 23.4 Å². The maximum atomic E-state index is 12.2. The number of aryl methyl sites for hydroxylation is 1. The third-order valence-electron chi connectivity index (χ3n) is 4.11. The van der Waals surface area contributed by atoms with Crippen LogP contribution in [0.3, 0.4) is 0 Å². The van der Waals surface area contributed by atoms with Crippen molar-refractivity contribution in [2.45, 2.75) is 13.5 Å². The smallest absolute Gasteiger partial charge is 0.323 e. The third-order valence-corrected chi connectivity index (χ3v) is 4.11. The number of methoxy groups -OCH3 is 1. The summed E-state index contributed by atoms with van der Waals surface area (Å²) in [7, 11) is 1.69. The van der Waals surface area contributed by atoms with Crippen LogP contribution in [0.5, 0.6) is 5.75 Å². The van der Waals surface area contributed by atoms with Crippen LogP contribution < -0.4 is 10.1 Å². The molecule has 1 saturated heterocycles. The van der Waals surface area contributed by atoms with Crippen molar-refractivity contribution in [1.29, 1.82) is 0 Å². The van der Waals surface area contributed by atoms with Crippen LogP contribution >= 0.6 is 0 Å². The molecular weight excluding hydrogens is 308 g/mol. The number of carbonyl (C=O) groups excluding carboxylic acids is 1. The van der Waals surface area contributed by atoms with Crippen molar-refractivity contribution >= 4 is 11.8 Å². The minimum absolute atomic E-state index is 0.139. The van der Waals surface area contributed by atoms with Gasteiger partial charge in [0.05, 0.1) is 7.11 Å². The van der Waals surface area contributed by atoms with Gasteiger partial charge in [0.2, 0.25) is 0 Å². The predicted molar refractivity (Wildman–Crippen MR) is 90.1 cm³/mol. The van der Waals surface area contributed by atoms with E-state index in [9.17, 15) is 4.79 Å². The van der Waals surface area contributed by atoms with Crippen LogP contribution in [0.2, 0.25) is 0 Å². The van der Waals surface area contributed by atoms with Gasteiger partial charge in [0.15, 0.2) is 5.82 Å². The Morgan fingerprint density at radius 1 is 1.29 bits per heavy atom. The minimum Gasteiger partial charge on any atom is -0.496 e. The van der Waals surface area contributed by atoms with Crippen LogP contribution in [0, 0.1) is 6.92 Å². The van der Waals surface area contributed by atoms with E-state index in [2.05, 4.69) is 21.4 Å². The number of urea groups is 1. The van der Waals surface area contributed by atoms with Gasteiger partial charge in [-0.15, -0.1) is 0 Å². The molecule has 0 bridgehead atoms. The Bertz CT molecular complexity index is 693. The normalized spacial score (nSPS) is 15.3. The topological polar surface area (TPSA) is 70.8 Å². The van der Waals surface area contributed by atoms with E-state index in [-0.39, 0.29) is 6.03 Å². The molecule has 2 amide bonds. The molecule has 0 radical (unpaired) electrons. The van der Waals surface area contributed by atoms with Crippen LogP contribution in [0.4, 0.5) is 10.6 Å². The summed E-state index contributed by atoms with van der Waals surface area (Å²) < 4.78 is 10.4. The lowest BCUT2D eigenvalue weighted by Gasteiger charge is -2.34. The minimum atomic E-state index is -0.139. The van der Waals surface area contributed by atoms with E-state index in [0.29, 0.717) is 24.7 Å². The second kappa shape index (κ2) is 7.35. The lowest BCUT2D eigenvalue weighted by molar-refractivity contribution is 0.142. The summed E-state index contributed by atoms with van der Waals surface area (Å²) in [5, 5.41) is 6.54. The van der Waals surface area contributed by atoms with Crippen molar-refractivity contribution in [1.82, 2.24) is 15.0 Å². The second-order valence-corrected chi connectivity index (χ2v) is 5.83. The summed E-state index contributed by atoms with van der Waals surface area (Å²) in [5.41, 5.74) is 1.16. The third kappa shape index (κ3) is 3.86. The van der Waals surface area contributed by atoms with Crippen molar-refractivity contribution in [2.24, 2.45) is 0 Å². The van der Waals surface area contributed by atoms with Crippen molar-refractivity contribution in [3.05, 3.63) is 41.7 Å². The highest BCUT2D eigenvalue weighted by Gasteiger charge is 2.22. The molecule has 0 unspecified atom stereocenters. The Morgan fingerprint density at radius 3 is 2.71 bits per heavy atom. The molecule has 1 N–H and O–H groups in total. The first-order chi connectivity index (χ1) is 11.7. The Labute approximate surface area is 141 Å². The second-order valence-electron chi connectivity index (χ2n) is 5.83. The lowest BCUT2D eigenvalue weighted by Crippen LogP contribution is -2.49. The Morgan fingerprint density at radius 2 is 2.04 bits per heavy atom. The number of nitrogens with one attached hydrogen (secondary N) is 1. The first-order valence-electron chi connectivity index (χ1n) is 7.99. The molecule has 0 saturated carbocycles. The SMILES string of the molecule is COc1ccccc1CN1CCN(C(=O)Nc2cc(C)on2)CC1. The number of para-hydroxylation sites is 1. The zero-order valence-corrected chi connectivity index (χ0v) is 14.0. The number of anilines is 1. The highest BCUT2D eigenvalue weighted by molar-refractivity contribution is 5.88. The number of carbonyl (C=O) groups is 1. The number of piperazine rings is 1. The molecule has 2 aromatic rings. The molecule has 1 aliphatic rings. The molecule has 1 aliphatic heterocycles. The first kappa shape index (κ1) is 16.3. The zero-order chi connectivity index (χ0) is 16.9. The van der Waals surface area contributed by atoms with Gasteiger partial charge in [-0.3, -0.25) is 10.2 Å². The van der Waals surface area contributed by atoms with E-state index >= 15 is 0 Å². The van der Waals surface area contributed by atoms with E-state index in [0.717, 1.165) is 30.9 Å². The predicted octanol–water partition coefficient (Wildman–Crippen LogP) is 2.34. The number of rotatable bonds is 4. The zero-order valence-electron chi connectivity index (χ0n) is 14.0. The first-order valence-corrected chi connectivity index (χ1v) is 7.99. The molecule has 7 nitrogen and oxygen atoms in total. The number of amides is 2. The maximum absolute atomic E-state index is 12.2. The molecule has 0 spiro atoms. The summed E-state index contributed by atoms with van der Waals surface area (Å²) in [6.45, 7) is 5.61. The summed E-state index contributed by atoms with van der Waals surface area (Å²) in [6, 6.07) is 9.59. The van der Waals surface area contributed by atoms with Gasteiger partial charge in [0.25, 0.3) is 0 Å². The van der Waals surface area contributed by atoms with Gasteiger partial charge in [0, 0.05) is 44.4 Å². The summed E-state index contributed by atoms with van der Waals surface area (Å²) in [6.07, 6.45) is 0. The molecule has 0 aliphatic carbocycles. The van der Waals surface area contributed by atoms with Gasteiger partial charge >= 0.3 is 6.03 Å². The highest BCUT2D eigenvalue weighted by atomic mass is 16.5. The van der Waals surface area contributed by atoms with Gasteiger partial charge in [-0.25, -0.2) is 4.79 Å². The Balaban J connectivity index is 1.51. The lowest BCUT2D eigenvalue weighted by atomic mass is 10.1. The number of ether oxygens (including phenoxy) is 1. The standard InChI is InChI=1S/C17H22N4O3/c1-13-11-16(19-24-13)18-17(22)21-9-7-20(8-10-21)12-14-5-3-4-6-15(14)23-2/h3-6,11H,7-10,12H2,1-2H3,(H,18,19,22). The average molecular weight is 330 g/mol. The van der Waals surface area contributed by atoms with Gasteiger partial charge < -0.3 is 14.2 Å². The summed E-state index contributed by atoms with van der Waals surface area (Å²) in [5.74, 6) is 2.03. The Kier molecular flexibility index (Phi) is 5.00. The Hall–Kier alpha value is -2.54. The molecular formula is C17H22N4O3. The van der Waals surface area contributed by atoms with Crippen LogP contribution in [0.1, 0.15) is 11.3 Å². The van der Waals surface area contributed by atoms with Crippen LogP contribution in [-0.2, 0) is 6.54 Å². The van der Waals surface area contributed by atoms with E-state index in [1.54, 1.807) is 25.0 Å². The molecule has 3 rings (SSSR count). The van der Waals surface area contributed by atoms with E-state index in [4.69, 9.17) is 9.26 Å². The fourth-order valence-corrected chi connectivity index (χ4v) is 2.80. The summed E-state index contributed by atoms with van der Waals surface area (Å²) in [4.78, 5) is 16.4. The van der Waals surface area contributed by atoms with Gasteiger partial charge in [-0.05, 0) is 13.0 Å². The maximum Gasteiger partial charge on any atom is 0.323 e. The van der Waals surface area contributed by atoms with Crippen molar-refractivity contribution in [3.8, 4) is 5.75 Å². The molecule has 0 atom stereocenters. The largest absolute Gasteiger partial charge is 0.496 e. The fourth-order valence-electron chi connectivity index (χ4n) is 2.80. The molecule has 2 heterocycles. The number of benzene rings is 1. The number of hydrogen-bond donors (Lipinski definition) is 1. The average Bonchev–Trinajstić information content (AvgIpc) is 3.01. The van der Waals surface area contributed by atoms with Crippen LogP contribution in [0.25, 0.3) is 0 Å². The van der Waals surface area contributed by atoms with E-state index < -0.39 is 0 Å². The van der Waals surface area contributed by atoms with E-state index in [1.807, 2.05) is 18.2 Å². The van der Waals surface area contributed by atoms with Crippen molar-refractivity contribution in [2.75, 3.05) is 38.6 Å².